The summed E-state index contributed by atoms with van der Waals surface area (Å²) in [5, 5.41) is 9.02. The Morgan fingerprint density at radius 3 is 2.64 bits per heavy atom. The molecule has 1 aromatic rings. The number of hydrogen-bond donors (Lipinski definition) is 1. The lowest BCUT2D eigenvalue weighted by molar-refractivity contribution is -0.115. The Labute approximate surface area is 89.9 Å². The topological polar surface area (TPSA) is 37.3 Å². The normalized spacial score (nSPS) is 10.2. The molecule has 0 bridgehead atoms. The maximum absolute atomic E-state index is 13.4. The van der Waals surface area contributed by atoms with Crippen molar-refractivity contribution in [3.8, 4) is 0 Å². The van der Waals surface area contributed by atoms with E-state index in [1.165, 1.54) is 6.07 Å². The molecule has 2 nitrogen and oxygen atoms in total. The molecule has 0 aliphatic carbocycles. The molecule has 0 fully saturated rings. The predicted molar refractivity (Wildman–Crippen MR) is 54.8 cm³/mol. The average molecular weight is 261 g/mol. The SMILES string of the molecule is O=C(CBr)Cc1cccc(CO)c1F. The summed E-state index contributed by atoms with van der Waals surface area (Å²) >= 11 is 3.01. The zero-order valence-corrected chi connectivity index (χ0v) is 9.05. The zero-order valence-electron chi connectivity index (χ0n) is 7.46. The average Bonchev–Trinajstić information content (AvgIpc) is 2.21. The van der Waals surface area contributed by atoms with Crippen LogP contribution in [0.4, 0.5) is 4.39 Å². The highest BCUT2D eigenvalue weighted by Gasteiger charge is 2.09. The third-order valence-corrected chi connectivity index (χ3v) is 2.49. The highest BCUT2D eigenvalue weighted by molar-refractivity contribution is 9.09. The van der Waals surface area contributed by atoms with Gasteiger partial charge in [-0.25, -0.2) is 4.39 Å². The third-order valence-electron chi connectivity index (χ3n) is 1.87. The van der Waals surface area contributed by atoms with E-state index in [1.54, 1.807) is 12.1 Å². The van der Waals surface area contributed by atoms with Gasteiger partial charge < -0.3 is 5.11 Å². The minimum atomic E-state index is -0.482. The van der Waals surface area contributed by atoms with Crippen molar-refractivity contribution in [3.05, 3.63) is 35.1 Å². The predicted octanol–water partition coefficient (Wildman–Crippen LogP) is 1.82. The van der Waals surface area contributed by atoms with E-state index in [9.17, 15) is 9.18 Å². The molecule has 0 saturated heterocycles. The first-order valence-electron chi connectivity index (χ1n) is 4.13. The van der Waals surface area contributed by atoms with Gasteiger partial charge >= 0.3 is 0 Å². The van der Waals surface area contributed by atoms with E-state index in [-0.39, 0.29) is 29.7 Å². The standard InChI is InChI=1S/C10H10BrFO2/c11-5-9(14)4-7-2-1-3-8(6-13)10(7)12/h1-3,13H,4-6H2. The van der Waals surface area contributed by atoms with Crippen molar-refractivity contribution in [2.75, 3.05) is 5.33 Å². The van der Waals surface area contributed by atoms with Gasteiger partial charge in [0.15, 0.2) is 0 Å². The summed E-state index contributed by atoms with van der Waals surface area (Å²) in [4.78, 5) is 11.1. The third kappa shape index (κ3) is 2.62. The van der Waals surface area contributed by atoms with Gasteiger partial charge in [-0.2, -0.15) is 0 Å². The number of hydrogen-bond acceptors (Lipinski definition) is 2. The molecular weight excluding hydrogens is 251 g/mol. The molecule has 0 atom stereocenters. The molecule has 0 aromatic heterocycles. The van der Waals surface area contributed by atoms with Gasteiger partial charge in [0, 0.05) is 12.0 Å². The lowest BCUT2D eigenvalue weighted by Gasteiger charge is -2.04. The van der Waals surface area contributed by atoms with Crippen LogP contribution < -0.4 is 0 Å². The van der Waals surface area contributed by atoms with Gasteiger partial charge in [0.2, 0.25) is 0 Å². The fraction of sp³-hybridized carbons (Fsp3) is 0.300. The Morgan fingerprint density at radius 2 is 2.07 bits per heavy atom. The lowest BCUT2D eigenvalue weighted by Crippen LogP contribution is -2.06. The number of Topliss-reactive ketones (excluding diaryl/α,β-unsaturated/α-hetero) is 1. The second kappa shape index (κ2) is 5.22. The van der Waals surface area contributed by atoms with Crippen LogP contribution >= 0.6 is 15.9 Å². The van der Waals surface area contributed by atoms with Crippen molar-refractivity contribution < 1.29 is 14.3 Å². The first kappa shape index (κ1) is 11.3. The van der Waals surface area contributed by atoms with E-state index < -0.39 is 5.82 Å². The van der Waals surface area contributed by atoms with Crippen molar-refractivity contribution in [3.63, 3.8) is 0 Å². The highest BCUT2D eigenvalue weighted by Crippen LogP contribution is 2.14. The van der Waals surface area contributed by atoms with Gasteiger partial charge in [0.05, 0.1) is 11.9 Å². The summed E-state index contributed by atoms with van der Waals surface area (Å²) in [6.45, 7) is -0.345. The molecule has 0 radical (unpaired) electrons. The number of ketones is 1. The Morgan fingerprint density at radius 1 is 1.43 bits per heavy atom. The molecule has 0 heterocycles. The van der Waals surface area contributed by atoms with Crippen LogP contribution in [-0.4, -0.2) is 16.2 Å². The van der Waals surface area contributed by atoms with Crippen molar-refractivity contribution >= 4 is 21.7 Å². The van der Waals surface area contributed by atoms with Crippen LogP contribution in [0, 0.1) is 5.82 Å². The molecule has 1 N–H and O–H groups in total. The number of alkyl halides is 1. The number of aliphatic hydroxyl groups excluding tert-OH is 1. The monoisotopic (exact) mass is 260 g/mol. The molecule has 1 rings (SSSR count). The molecule has 0 amide bonds. The summed E-state index contributed by atoms with van der Waals surface area (Å²) in [6.07, 6.45) is 0.0604. The lowest BCUT2D eigenvalue weighted by atomic mass is 10.1. The molecular formula is C10H10BrFO2. The Hall–Kier alpha value is -0.740. The summed E-state index contributed by atoms with van der Waals surface area (Å²) in [5.41, 5.74) is 0.561. The zero-order chi connectivity index (χ0) is 10.6. The Bertz CT molecular complexity index is 339. The molecule has 0 saturated carbocycles. The van der Waals surface area contributed by atoms with Gasteiger partial charge in [-0.1, -0.05) is 34.1 Å². The summed E-state index contributed by atoms with van der Waals surface area (Å²) in [6, 6.07) is 4.68. The van der Waals surface area contributed by atoms with Crippen molar-refractivity contribution in [2.24, 2.45) is 0 Å². The van der Waals surface area contributed by atoms with Crippen LogP contribution in [0.1, 0.15) is 11.1 Å². The summed E-state index contributed by atoms with van der Waals surface area (Å²) in [7, 11) is 0. The quantitative estimate of drug-likeness (QED) is 0.839. The molecule has 0 aliphatic heterocycles. The van der Waals surface area contributed by atoms with Crippen LogP contribution in [0.5, 0.6) is 0 Å². The highest BCUT2D eigenvalue weighted by atomic mass is 79.9. The van der Waals surface area contributed by atoms with Crippen molar-refractivity contribution in [1.29, 1.82) is 0 Å². The molecule has 14 heavy (non-hydrogen) atoms. The maximum Gasteiger partial charge on any atom is 0.147 e. The van der Waals surface area contributed by atoms with E-state index >= 15 is 0 Å². The van der Waals surface area contributed by atoms with Gasteiger partial charge in [-0.15, -0.1) is 0 Å². The number of aliphatic hydroxyl groups is 1. The Kier molecular flexibility index (Phi) is 4.22. The van der Waals surface area contributed by atoms with Crippen molar-refractivity contribution in [2.45, 2.75) is 13.0 Å². The van der Waals surface area contributed by atoms with E-state index in [2.05, 4.69) is 15.9 Å². The molecule has 0 unspecified atom stereocenters. The summed E-state index contributed by atoms with van der Waals surface area (Å²) < 4.78 is 13.4. The molecule has 1 aromatic carbocycles. The largest absolute Gasteiger partial charge is 0.392 e. The van der Waals surface area contributed by atoms with E-state index in [0.29, 0.717) is 5.56 Å². The van der Waals surface area contributed by atoms with Crippen LogP contribution in [0.2, 0.25) is 0 Å². The number of carbonyl (C=O) groups is 1. The fourth-order valence-corrected chi connectivity index (χ4v) is 1.35. The van der Waals surface area contributed by atoms with Crippen molar-refractivity contribution in [1.82, 2.24) is 0 Å². The number of carbonyl (C=O) groups excluding carboxylic acids is 1. The molecule has 0 aliphatic rings. The molecule has 0 spiro atoms. The Balaban J connectivity index is 2.92. The molecule has 76 valence electrons. The second-order valence-electron chi connectivity index (χ2n) is 2.90. The van der Waals surface area contributed by atoms with Crippen LogP contribution in [0.15, 0.2) is 18.2 Å². The van der Waals surface area contributed by atoms with E-state index in [0.717, 1.165) is 0 Å². The van der Waals surface area contributed by atoms with Gasteiger partial charge in [-0.05, 0) is 5.56 Å². The van der Waals surface area contributed by atoms with Gasteiger partial charge in [0.25, 0.3) is 0 Å². The van der Waals surface area contributed by atoms with E-state index in [4.69, 9.17) is 5.11 Å². The number of benzene rings is 1. The van der Waals surface area contributed by atoms with Crippen LogP contribution in [0.3, 0.4) is 0 Å². The fourth-order valence-electron chi connectivity index (χ4n) is 1.15. The minimum Gasteiger partial charge on any atom is -0.392 e. The van der Waals surface area contributed by atoms with Crippen LogP contribution in [-0.2, 0) is 17.8 Å². The van der Waals surface area contributed by atoms with Gasteiger partial charge in [0.1, 0.15) is 11.6 Å². The number of rotatable bonds is 4. The second-order valence-corrected chi connectivity index (χ2v) is 3.46. The minimum absolute atomic E-state index is 0.0604. The van der Waals surface area contributed by atoms with Gasteiger partial charge in [-0.3, -0.25) is 4.79 Å². The first-order valence-corrected chi connectivity index (χ1v) is 5.26. The van der Waals surface area contributed by atoms with Crippen LogP contribution in [0.25, 0.3) is 0 Å². The maximum atomic E-state index is 13.4. The number of halogens is 2. The summed E-state index contributed by atoms with van der Waals surface area (Å²) in [5.74, 6) is -0.566. The molecule has 4 heteroatoms. The first-order chi connectivity index (χ1) is 6.69. The smallest absolute Gasteiger partial charge is 0.147 e. The van der Waals surface area contributed by atoms with E-state index in [1.807, 2.05) is 0 Å².